The number of carbonyl (C=O) groups is 5. The summed E-state index contributed by atoms with van der Waals surface area (Å²) in [5.74, 6) is -2.39. The first-order valence-corrected chi connectivity index (χ1v) is 13.9. The molecular formula is C27H30N2O6S2. The van der Waals surface area contributed by atoms with Crippen LogP contribution < -0.4 is 5.32 Å². The number of benzene rings is 2. The van der Waals surface area contributed by atoms with Gasteiger partial charge in [0.15, 0.2) is 0 Å². The molecule has 0 saturated carbocycles. The van der Waals surface area contributed by atoms with Crippen molar-refractivity contribution in [2.75, 3.05) is 12.3 Å². The van der Waals surface area contributed by atoms with Gasteiger partial charge in [0, 0.05) is 23.4 Å². The number of amides is 2. The Labute approximate surface area is 224 Å². The third kappa shape index (κ3) is 7.69. The summed E-state index contributed by atoms with van der Waals surface area (Å²) in [6.07, 6.45) is 0.936. The second-order valence-corrected chi connectivity index (χ2v) is 11.2. The minimum Gasteiger partial charge on any atom is -0.480 e. The topological polar surface area (TPSA) is 121 Å². The molecule has 1 fully saturated rings. The zero-order valence-corrected chi connectivity index (χ0v) is 22.3. The molecule has 3 atom stereocenters. The summed E-state index contributed by atoms with van der Waals surface area (Å²) in [6, 6.07) is 15.3. The van der Waals surface area contributed by atoms with Crippen molar-refractivity contribution in [3.8, 4) is 0 Å². The summed E-state index contributed by atoms with van der Waals surface area (Å²) in [5.41, 5.74) is 0.901. The monoisotopic (exact) mass is 542 g/mol. The number of carboxylic acids is 1. The molecule has 1 heterocycles. The number of hydrogen-bond acceptors (Lipinski definition) is 7. The molecule has 8 nitrogen and oxygen atoms in total. The first kappa shape index (κ1) is 28.5. The number of thioether (sulfide) groups is 2. The second-order valence-electron chi connectivity index (χ2n) is 8.98. The number of nitrogens with zero attached hydrogens (tertiary/aromatic N) is 1. The standard InChI is InChI=1S/C27H30N2O6S2/c1-17(2)22(24(31)29-15-9-14-20(29)25(32)33)28-23(30)21(37-27(35)19-12-7-4-8-13-19)16-36-26(34)18-10-5-3-6-11-18/h3-8,10-13,17,20-22H,9,14-16H2,1-2H3,(H,28,30)(H,32,33)/t20?,21-,22?/m0/s1. The van der Waals surface area contributed by atoms with Crippen LogP contribution in [0.1, 0.15) is 47.4 Å². The Kier molecular flexibility index (Phi) is 10.3. The quantitative estimate of drug-likeness (QED) is 0.466. The second kappa shape index (κ2) is 13.4. The van der Waals surface area contributed by atoms with Gasteiger partial charge in [-0.1, -0.05) is 98.0 Å². The molecule has 0 bridgehead atoms. The average Bonchev–Trinajstić information content (AvgIpc) is 3.40. The van der Waals surface area contributed by atoms with Crippen molar-refractivity contribution in [1.82, 2.24) is 10.2 Å². The minimum absolute atomic E-state index is 0.0171. The van der Waals surface area contributed by atoms with Crippen LogP contribution in [0.15, 0.2) is 60.7 Å². The molecule has 2 N–H and O–H groups in total. The Morgan fingerprint density at radius 3 is 2.05 bits per heavy atom. The van der Waals surface area contributed by atoms with Crippen molar-refractivity contribution < 1.29 is 29.1 Å². The zero-order valence-electron chi connectivity index (χ0n) is 20.7. The third-order valence-electron chi connectivity index (χ3n) is 5.98. The fourth-order valence-corrected chi connectivity index (χ4v) is 5.91. The lowest BCUT2D eigenvalue weighted by Crippen LogP contribution is -2.55. The van der Waals surface area contributed by atoms with Gasteiger partial charge in [-0.2, -0.15) is 0 Å². The molecule has 0 aliphatic carbocycles. The van der Waals surface area contributed by atoms with Crippen molar-refractivity contribution in [2.24, 2.45) is 5.92 Å². The van der Waals surface area contributed by atoms with Gasteiger partial charge in [0.1, 0.15) is 17.3 Å². The molecule has 37 heavy (non-hydrogen) atoms. The molecule has 0 radical (unpaired) electrons. The van der Waals surface area contributed by atoms with Crippen molar-refractivity contribution in [3.05, 3.63) is 71.8 Å². The number of hydrogen-bond donors (Lipinski definition) is 2. The van der Waals surface area contributed by atoms with Gasteiger partial charge in [-0.25, -0.2) is 4.79 Å². The lowest BCUT2D eigenvalue weighted by Gasteiger charge is -2.30. The maximum absolute atomic E-state index is 13.4. The minimum atomic E-state index is -1.07. The first-order chi connectivity index (χ1) is 17.7. The fraction of sp³-hybridized carbons (Fsp3) is 0.370. The van der Waals surface area contributed by atoms with Crippen LogP contribution >= 0.6 is 23.5 Å². The number of aliphatic carboxylic acids is 1. The molecule has 2 aromatic carbocycles. The van der Waals surface area contributed by atoms with Crippen LogP contribution in [0.5, 0.6) is 0 Å². The van der Waals surface area contributed by atoms with Gasteiger partial charge in [-0.05, 0) is 18.8 Å². The van der Waals surface area contributed by atoms with Gasteiger partial charge in [-0.3, -0.25) is 19.2 Å². The smallest absolute Gasteiger partial charge is 0.326 e. The van der Waals surface area contributed by atoms with E-state index in [1.807, 2.05) is 0 Å². The molecular weight excluding hydrogens is 512 g/mol. The SMILES string of the molecule is CC(C)C(NC(=O)[C@H](CSC(=O)c1ccccc1)SC(=O)c1ccccc1)C(=O)N1CCCC1C(=O)O. The number of carboxylic acid groups (broad SMARTS) is 1. The van der Waals surface area contributed by atoms with E-state index in [0.29, 0.717) is 30.5 Å². The van der Waals surface area contributed by atoms with Gasteiger partial charge in [0.2, 0.25) is 22.0 Å². The van der Waals surface area contributed by atoms with Crippen molar-refractivity contribution >= 4 is 51.5 Å². The van der Waals surface area contributed by atoms with Gasteiger partial charge in [-0.15, -0.1) is 0 Å². The predicted octanol–water partition coefficient (Wildman–Crippen LogP) is 3.72. The highest BCUT2D eigenvalue weighted by atomic mass is 32.2. The number of nitrogens with one attached hydrogen (secondary N) is 1. The maximum atomic E-state index is 13.4. The Bertz CT molecular complexity index is 1130. The lowest BCUT2D eigenvalue weighted by atomic mass is 10.0. The highest BCUT2D eigenvalue weighted by Gasteiger charge is 2.39. The third-order valence-corrected chi connectivity index (χ3v) is 8.30. The summed E-state index contributed by atoms with van der Waals surface area (Å²) in [4.78, 5) is 65.2. The Morgan fingerprint density at radius 1 is 0.946 bits per heavy atom. The predicted molar refractivity (Wildman–Crippen MR) is 145 cm³/mol. The van der Waals surface area contributed by atoms with E-state index in [4.69, 9.17) is 0 Å². The lowest BCUT2D eigenvalue weighted by molar-refractivity contribution is -0.149. The van der Waals surface area contributed by atoms with Crippen LogP contribution in [-0.2, 0) is 14.4 Å². The highest BCUT2D eigenvalue weighted by molar-refractivity contribution is 8.18. The summed E-state index contributed by atoms with van der Waals surface area (Å²) < 4.78 is 0. The van der Waals surface area contributed by atoms with Crippen LogP contribution in [0.3, 0.4) is 0 Å². The molecule has 1 aliphatic rings. The molecule has 2 amide bonds. The van der Waals surface area contributed by atoms with E-state index in [2.05, 4.69) is 5.32 Å². The van der Waals surface area contributed by atoms with Crippen LogP contribution in [0.4, 0.5) is 0 Å². The summed E-state index contributed by atoms with van der Waals surface area (Å²) in [6.45, 7) is 3.83. The van der Waals surface area contributed by atoms with E-state index in [1.165, 1.54) is 4.90 Å². The van der Waals surface area contributed by atoms with Crippen LogP contribution in [-0.4, -0.2) is 67.7 Å². The van der Waals surface area contributed by atoms with Gasteiger partial charge >= 0.3 is 5.97 Å². The van der Waals surface area contributed by atoms with Crippen LogP contribution in [0.25, 0.3) is 0 Å². The maximum Gasteiger partial charge on any atom is 0.326 e. The van der Waals surface area contributed by atoms with E-state index in [9.17, 15) is 29.1 Å². The number of rotatable bonds is 10. The zero-order chi connectivity index (χ0) is 26.9. The summed E-state index contributed by atoms with van der Waals surface area (Å²) in [7, 11) is 0. The van der Waals surface area contributed by atoms with Crippen LogP contribution in [0, 0.1) is 5.92 Å². The van der Waals surface area contributed by atoms with Crippen LogP contribution in [0.2, 0.25) is 0 Å². The molecule has 1 saturated heterocycles. The molecule has 2 aromatic rings. The molecule has 2 unspecified atom stereocenters. The molecule has 196 valence electrons. The molecule has 10 heteroatoms. The summed E-state index contributed by atoms with van der Waals surface area (Å²) in [5, 5.41) is 10.7. The summed E-state index contributed by atoms with van der Waals surface area (Å²) >= 11 is 1.73. The van der Waals surface area contributed by atoms with Gasteiger partial charge in [0.05, 0.1) is 0 Å². The van der Waals surface area contributed by atoms with Crippen molar-refractivity contribution in [1.29, 1.82) is 0 Å². The first-order valence-electron chi connectivity index (χ1n) is 12.0. The average molecular weight is 543 g/mol. The van der Waals surface area contributed by atoms with E-state index in [1.54, 1.807) is 74.5 Å². The Morgan fingerprint density at radius 2 is 1.51 bits per heavy atom. The van der Waals surface area contributed by atoms with E-state index < -0.39 is 35.1 Å². The fourth-order valence-electron chi connectivity index (χ4n) is 3.97. The normalized spacial score (nSPS) is 16.7. The molecule has 3 rings (SSSR count). The molecule has 0 spiro atoms. The molecule has 1 aliphatic heterocycles. The van der Waals surface area contributed by atoms with Gasteiger partial charge < -0.3 is 15.3 Å². The van der Waals surface area contributed by atoms with E-state index in [-0.39, 0.29) is 21.9 Å². The van der Waals surface area contributed by atoms with Gasteiger partial charge in [0.25, 0.3) is 0 Å². The Balaban J connectivity index is 1.77. The molecule has 0 aromatic heterocycles. The Hall–Kier alpha value is -3.11. The largest absolute Gasteiger partial charge is 0.480 e. The number of likely N-dealkylation sites (tertiary alicyclic amines) is 1. The van der Waals surface area contributed by atoms with Crippen molar-refractivity contribution in [2.45, 2.75) is 44.0 Å². The highest BCUT2D eigenvalue weighted by Crippen LogP contribution is 2.25. The van der Waals surface area contributed by atoms with Crippen molar-refractivity contribution in [3.63, 3.8) is 0 Å². The van der Waals surface area contributed by atoms with E-state index in [0.717, 1.165) is 23.5 Å². The number of carbonyl (C=O) groups excluding carboxylic acids is 4. The van der Waals surface area contributed by atoms with E-state index >= 15 is 0 Å².